The first kappa shape index (κ1) is 14.2. The normalized spacial score (nSPS) is 13.8. The number of carbonyl (C=O) groups excluding carboxylic acids is 1. The van der Waals surface area contributed by atoms with Gasteiger partial charge >= 0.3 is 0 Å². The minimum atomic E-state index is -0.0236. The fraction of sp³-hybridized carbons (Fsp3) is 0.438. The van der Waals surface area contributed by atoms with Gasteiger partial charge in [-0.3, -0.25) is 4.79 Å². The SMILES string of the molecule is CCc1nnc(NC(=O)Cc2ccc3c(c2)CCCC3)s1. The number of hydrogen-bond acceptors (Lipinski definition) is 4. The van der Waals surface area contributed by atoms with E-state index in [4.69, 9.17) is 0 Å². The minimum absolute atomic E-state index is 0.0236. The van der Waals surface area contributed by atoms with Crippen LogP contribution in [0.2, 0.25) is 0 Å². The number of carbonyl (C=O) groups is 1. The maximum Gasteiger partial charge on any atom is 0.230 e. The summed E-state index contributed by atoms with van der Waals surface area (Å²) in [5.41, 5.74) is 3.94. The predicted octanol–water partition coefficient (Wildman–Crippen LogP) is 3.16. The number of aromatic nitrogens is 2. The van der Waals surface area contributed by atoms with E-state index in [0.29, 0.717) is 11.6 Å². The first-order valence-electron chi connectivity index (χ1n) is 7.47. The van der Waals surface area contributed by atoms with Crippen LogP contribution in [0.5, 0.6) is 0 Å². The zero-order valence-electron chi connectivity index (χ0n) is 12.2. The van der Waals surface area contributed by atoms with E-state index in [2.05, 4.69) is 33.7 Å². The van der Waals surface area contributed by atoms with Crippen LogP contribution in [-0.2, 0) is 30.5 Å². The molecule has 1 heterocycles. The Morgan fingerprint density at radius 3 is 2.81 bits per heavy atom. The van der Waals surface area contributed by atoms with Crippen molar-refractivity contribution in [1.29, 1.82) is 0 Å². The smallest absolute Gasteiger partial charge is 0.230 e. The number of amides is 1. The molecule has 1 aliphatic rings. The molecule has 0 atom stereocenters. The van der Waals surface area contributed by atoms with Crippen molar-refractivity contribution < 1.29 is 4.79 Å². The molecule has 2 aromatic rings. The van der Waals surface area contributed by atoms with Crippen molar-refractivity contribution in [3.05, 3.63) is 39.9 Å². The standard InChI is InChI=1S/C16H19N3OS/c1-2-15-18-19-16(21-15)17-14(20)10-11-7-8-12-5-3-4-6-13(12)9-11/h7-9H,2-6,10H2,1H3,(H,17,19,20). The second-order valence-electron chi connectivity index (χ2n) is 5.39. The highest BCUT2D eigenvalue weighted by Crippen LogP contribution is 2.22. The highest BCUT2D eigenvalue weighted by Gasteiger charge is 2.12. The van der Waals surface area contributed by atoms with Crippen LogP contribution in [0.4, 0.5) is 5.13 Å². The molecule has 0 saturated carbocycles. The van der Waals surface area contributed by atoms with Gasteiger partial charge in [0.15, 0.2) is 0 Å². The number of rotatable bonds is 4. The summed E-state index contributed by atoms with van der Waals surface area (Å²) < 4.78 is 0. The largest absolute Gasteiger partial charge is 0.300 e. The maximum absolute atomic E-state index is 12.1. The molecule has 0 unspecified atom stereocenters. The Morgan fingerprint density at radius 2 is 2.05 bits per heavy atom. The Morgan fingerprint density at radius 1 is 1.24 bits per heavy atom. The van der Waals surface area contributed by atoms with Gasteiger partial charge in [-0.1, -0.05) is 36.5 Å². The average molecular weight is 301 g/mol. The summed E-state index contributed by atoms with van der Waals surface area (Å²) in [4.78, 5) is 12.1. The molecule has 1 aromatic heterocycles. The Hall–Kier alpha value is -1.75. The predicted molar refractivity (Wildman–Crippen MR) is 84.7 cm³/mol. The first-order valence-corrected chi connectivity index (χ1v) is 8.29. The summed E-state index contributed by atoms with van der Waals surface area (Å²) in [6, 6.07) is 6.43. The van der Waals surface area contributed by atoms with Gasteiger partial charge < -0.3 is 5.32 Å². The molecule has 1 aromatic carbocycles. The molecule has 0 aliphatic heterocycles. The van der Waals surface area contributed by atoms with Gasteiger partial charge in [-0.25, -0.2) is 0 Å². The zero-order valence-corrected chi connectivity index (χ0v) is 13.0. The highest BCUT2D eigenvalue weighted by atomic mass is 32.1. The summed E-state index contributed by atoms with van der Waals surface area (Å²) in [7, 11) is 0. The van der Waals surface area contributed by atoms with Crippen molar-refractivity contribution in [1.82, 2.24) is 10.2 Å². The highest BCUT2D eigenvalue weighted by molar-refractivity contribution is 7.15. The maximum atomic E-state index is 12.1. The second-order valence-corrected chi connectivity index (χ2v) is 6.45. The summed E-state index contributed by atoms with van der Waals surface area (Å²) in [5.74, 6) is -0.0236. The second kappa shape index (κ2) is 6.35. The van der Waals surface area contributed by atoms with Crippen LogP contribution in [0.25, 0.3) is 0 Å². The lowest BCUT2D eigenvalue weighted by atomic mass is 9.90. The van der Waals surface area contributed by atoms with Gasteiger partial charge in [-0.15, -0.1) is 10.2 Å². The number of aryl methyl sites for hydroxylation is 3. The first-order chi connectivity index (χ1) is 10.2. The monoisotopic (exact) mass is 301 g/mol. The van der Waals surface area contributed by atoms with Gasteiger partial charge in [0.25, 0.3) is 0 Å². The van der Waals surface area contributed by atoms with Gasteiger partial charge in [-0.2, -0.15) is 0 Å². The van der Waals surface area contributed by atoms with Crippen LogP contribution in [0, 0.1) is 0 Å². The lowest BCUT2D eigenvalue weighted by molar-refractivity contribution is -0.115. The molecule has 1 amide bonds. The minimum Gasteiger partial charge on any atom is -0.300 e. The molecule has 0 spiro atoms. The van der Waals surface area contributed by atoms with Crippen LogP contribution in [-0.4, -0.2) is 16.1 Å². The van der Waals surface area contributed by atoms with Gasteiger partial charge in [0.1, 0.15) is 5.01 Å². The van der Waals surface area contributed by atoms with Crippen LogP contribution >= 0.6 is 11.3 Å². The summed E-state index contributed by atoms with van der Waals surface area (Å²) in [6.45, 7) is 2.03. The van der Waals surface area contributed by atoms with E-state index < -0.39 is 0 Å². The molecule has 1 N–H and O–H groups in total. The van der Waals surface area contributed by atoms with E-state index in [0.717, 1.165) is 23.4 Å². The fourth-order valence-corrected chi connectivity index (χ4v) is 3.39. The Kier molecular flexibility index (Phi) is 4.29. The van der Waals surface area contributed by atoms with Crippen molar-refractivity contribution in [2.75, 3.05) is 5.32 Å². The van der Waals surface area contributed by atoms with Crippen molar-refractivity contribution >= 4 is 22.4 Å². The molecular weight excluding hydrogens is 282 g/mol. The summed E-state index contributed by atoms with van der Waals surface area (Å²) in [5, 5.41) is 12.3. The number of benzene rings is 1. The van der Waals surface area contributed by atoms with E-state index in [9.17, 15) is 4.79 Å². The zero-order chi connectivity index (χ0) is 14.7. The molecule has 0 radical (unpaired) electrons. The van der Waals surface area contributed by atoms with E-state index in [-0.39, 0.29) is 5.91 Å². The number of hydrogen-bond donors (Lipinski definition) is 1. The van der Waals surface area contributed by atoms with Crippen LogP contribution < -0.4 is 5.32 Å². The molecule has 0 saturated heterocycles. The Balaban J connectivity index is 1.64. The molecule has 0 fully saturated rings. The third-order valence-electron chi connectivity index (χ3n) is 3.79. The summed E-state index contributed by atoms with van der Waals surface area (Å²) >= 11 is 1.44. The third kappa shape index (κ3) is 3.47. The van der Waals surface area contributed by atoms with Gasteiger partial charge in [0.2, 0.25) is 11.0 Å². The number of nitrogens with zero attached hydrogens (tertiary/aromatic N) is 2. The lowest BCUT2D eigenvalue weighted by Gasteiger charge is -2.16. The van der Waals surface area contributed by atoms with Gasteiger partial charge in [0, 0.05) is 0 Å². The Bertz CT molecular complexity index is 651. The lowest BCUT2D eigenvalue weighted by Crippen LogP contribution is -2.15. The average Bonchev–Trinajstić information content (AvgIpc) is 2.94. The number of nitrogens with one attached hydrogen (secondary N) is 1. The third-order valence-corrected chi connectivity index (χ3v) is 4.78. The number of anilines is 1. The van der Waals surface area contributed by atoms with Crippen LogP contribution in [0.3, 0.4) is 0 Å². The van der Waals surface area contributed by atoms with E-state index in [1.807, 2.05) is 6.92 Å². The van der Waals surface area contributed by atoms with E-state index in [1.54, 1.807) is 0 Å². The van der Waals surface area contributed by atoms with Crippen molar-refractivity contribution in [2.24, 2.45) is 0 Å². The van der Waals surface area contributed by atoms with Crippen molar-refractivity contribution in [3.63, 3.8) is 0 Å². The number of fused-ring (bicyclic) bond motifs is 1. The molecule has 5 heteroatoms. The van der Waals surface area contributed by atoms with Crippen LogP contribution in [0.15, 0.2) is 18.2 Å². The molecule has 3 rings (SSSR count). The van der Waals surface area contributed by atoms with Crippen LogP contribution in [0.1, 0.15) is 41.5 Å². The quantitative estimate of drug-likeness (QED) is 0.943. The summed E-state index contributed by atoms with van der Waals surface area (Å²) in [6.07, 6.45) is 6.09. The molecule has 1 aliphatic carbocycles. The van der Waals surface area contributed by atoms with E-state index >= 15 is 0 Å². The molecule has 110 valence electrons. The Labute approximate surface area is 128 Å². The van der Waals surface area contributed by atoms with Gasteiger partial charge in [0.05, 0.1) is 6.42 Å². The molecule has 4 nitrogen and oxygen atoms in total. The van der Waals surface area contributed by atoms with Crippen molar-refractivity contribution in [2.45, 2.75) is 45.4 Å². The molecule has 21 heavy (non-hydrogen) atoms. The molecular formula is C16H19N3OS. The van der Waals surface area contributed by atoms with Crippen molar-refractivity contribution in [3.8, 4) is 0 Å². The topological polar surface area (TPSA) is 54.9 Å². The fourth-order valence-electron chi connectivity index (χ4n) is 2.69. The van der Waals surface area contributed by atoms with E-state index in [1.165, 1.54) is 41.7 Å². The van der Waals surface area contributed by atoms with Gasteiger partial charge in [-0.05, 0) is 48.8 Å². The molecule has 0 bridgehead atoms.